The number of hydrogen-bond donors (Lipinski definition) is 3. The lowest BCUT2D eigenvalue weighted by Gasteiger charge is -2.21. The number of anilines is 2. The zero-order valence-corrected chi connectivity index (χ0v) is 17.9. The zero-order chi connectivity index (χ0) is 21.2. The summed E-state index contributed by atoms with van der Waals surface area (Å²) in [6.45, 7) is 7.21. The number of hydrazone groups is 1. The van der Waals surface area contributed by atoms with Crippen LogP contribution in [0, 0.1) is 0 Å². The highest BCUT2D eigenvalue weighted by Gasteiger charge is 2.13. The summed E-state index contributed by atoms with van der Waals surface area (Å²) in [5, 5.41) is 8.45. The maximum Gasteiger partial charge on any atom is 0.321 e. The molecule has 0 aliphatic rings. The number of hydrogen-bond acceptors (Lipinski definition) is 8. The maximum atomic E-state index is 5.71. The van der Waals surface area contributed by atoms with Gasteiger partial charge in [0.1, 0.15) is 6.61 Å². The van der Waals surface area contributed by atoms with Gasteiger partial charge in [0.05, 0.1) is 11.9 Å². The van der Waals surface area contributed by atoms with Gasteiger partial charge in [0.15, 0.2) is 5.82 Å². The SMILES string of the molecule is CCCN(CCC)c1nc(/C=N/Nc2c[nH]c3ccccc23)nc(OCCNC)n1. The van der Waals surface area contributed by atoms with Crippen molar-refractivity contribution in [3.63, 3.8) is 0 Å². The summed E-state index contributed by atoms with van der Waals surface area (Å²) in [7, 11) is 1.88. The van der Waals surface area contributed by atoms with Crippen molar-refractivity contribution >= 4 is 28.8 Å². The highest BCUT2D eigenvalue weighted by molar-refractivity contribution is 5.92. The lowest BCUT2D eigenvalue weighted by molar-refractivity contribution is 0.292. The third-order valence-electron chi connectivity index (χ3n) is 4.43. The van der Waals surface area contributed by atoms with Gasteiger partial charge < -0.3 is 19.9 Å². The molecule has 3 N–H and O–H groups in total. The summed E-state index contributed by atoms with van der Waals surface area (Å²) in [5.41, 5.74) is 5.00. The average Bonchev–Trinajstić information content (AvgIpc) is 3.17. The normalized spacial score (nSPS) is 11.3. The van der Waals surface area contributed by atoms with Crippen molar-refractivity contribution in [2.75, 3.05) is 43.6 Å². The molecule has 0 fully saturated rings. The van der Waals surface area contributed by atoms with E-state index in [2.05, 4.69) is 54.5 Å². The standard InChI is InChI=1S/C21H30N8O/c1-4-11-29(12-5-2)20-25-19(26-21(27-20)30-13-10-22-3)15-24-28-18-14-23-17-9-7-6-8-16(17)18/h6-9,14-15,22-23,28H,4-5,10-13H2,1-3H3/b24-15+. The minimum Gasteiger partial charge on any atom is -0.462 e. The average molecular weight is 411 g/mol. The van der Waals surface area contributed by atoms with E-state index in [1.807, 2.05) is 37.5 Å². The molecule has 9 heteroatoms. The van der Waals surface area contributed by atoms with Crippen LogP contribution in [-0.4, -0.2) is 59.4 Å². The van der Waals surface area contributed by atoms with E-state index in [-0.39, 0.29) is 0 Å². The number of nitrogens with one attached hydrogen (secondary N) is 3. The van der Waals surface area contributed by atoms with Gasteiger partial charge in [-0.15, -0.1) is 0 Å². The molecule has 3 aromatic rings. The largest absolute Gasteiger partial charge is 0.462 e. The molecule has 0 amide bonds. The molecule has 30 heavy (non-hydrogen) atoms. The quantitative estimate of drug-likeness (QED) is 0.240. The van der Waals surface area contributed by atoms with Crippen LogP contribution < -0.4 is 20.4 Å². The molecule has 1 aromatic carbocycles. The fraction of sp³-hybridized carbons (Fsp3) is 0.429. The Morgan fingerprint density at radius 3 is 2.70 bits per heavy atom. The summed E-state index contributed by atoms with van der Waals surface area (Å²) in [6, 6.07) is 8.35. The van der Waals surface area contributed by atoms with Gasteiger partial charge in [-0.25, -0.2) is 0 Å². The second-order valence-electron chi connectivity index (χ2n) is 6.83. The van der Waals surface area contributed by atoms with Crippen LogP contribution in [-0.2, 0) is 0 Å². The van der Waals surface area contributed by atoms with Gasteiger partial charge in [-0.05, 0) is 26.0 Å². The molecule has 0 saturated heterocycles. The van der Waals surface area contributed by atoms with E-state index in [0.717, 1.165) is 42.5 Å². The van der Waals surface area contributed by atoms with E-state index in [1.54, 1.807) is 6.21 Å². The summed E-state index contributed by atoms with van der Waals surface area (Å²) in [6.07, 6.45) is 5.49. The number of rotatable bonds is 12. The van der Waals surface area contributed by atoms with Crippen LogP contribution in [0.5, 0.6) is 6.01 Å². The Bertz CT molecular complexity index is 949. The maximum absolute atomic E-state index is 5.71. The molecule has 9 nitrogen and oxygen atoms in total. The summed E-state index contributed by atoms with van der Waals surface area (Å²) in [4.78, 5) is 18.9. The third kappa shape index (κ3) is 5.66. The molecule has 0 unspecified atom stereocenters. The first-order valence-electron chi connectivity index (χ1n) is 10.4. The van der Waals surface area contributed by atoms with Gasteiger partial charge in [0.25, 0.3) is 0 Å². The minimum atomic E-state index is 0.306. The van der Waals surface area contributed by atoms with Gasteiger partial charge in [-0.1, -0.05) is 32.0 Å². The first-order chi connectivity index (χ1) is 14.7. The van der Waals surface area contributed by atoms with E-state index in [9.17, 15) is 0 Å². The Kier molecular flexibility index (Phi) is 7.96. The molecule has 160 valence electrons. The molecular formula is C21H30N8O. The van der Waals surface area contributed by atoms with E-state index < -0.39 is 0 Å². The monoisotopic (exact) mass is 410 g/mol. The second kappa shape index (κ2) is 11.1. The van der Waals surface area contributed by atoms with Crippen molar-refractivity contribution in [1.29, 1.82) is 0 Å². The minimum absolute atomic E-state index is 0.306. The second-order valence-corrected chi connectivity index (χ2v) is 6.83. The molecule has 2 heterocycles. The van der Waals surface area contributed by atoms with E-state index in [0.29, 0.717) is 30.9 Å². The van der Waals surface area contributed by atoms with Gasteiger partial charge in [-0.2, -0.15) is 20.1 Å². The van der Waals surface area contributed by atoms with Crippen molar-refractivity contribution < 1.29 is 4.74 Å². The van der Waals surface area contributed by atoms with Crippen molar-refractivity contribution in [1.82, 2.24) is 25.3 Å². The highest BCUT2D eigenvalue weighted by Crippen LogP contribution is 2.22. The molecule has 0 spiro atoms. The first-order valence-corrected chi connectivity index (χ1v) is 10.4. The summed E-state index contributed by atoms with van der Waals surface area (Å²) < 4.78 is 5.71. The summed E-state index contributed by atoms with van der Waals surface area (Å²) >= 11 is 0. The van der Waals surface area contributed by atoms with Crippen molar-refractivity contribution in [2.45, 2.75) is 26.7 Å². The topological polar surface area (TPSA) is 103 Å². The number of aromatic amines is 1. The number of benzene rings is 1. The number of para-hydroxylation sites is 1. The molecule has 0 bridgehead atoms. The van der Waals surface area contributed by atoms with Crippen LogP contribution in [0.4, 0.5) is 11.6 Å². The van der Waals surface area contributed by atoms with Gasteiger partial charge >= 0.3 is 6.01 Å². The molecule has 0 aliphatic carbocycles. The van der Waals surface area contributed by atoms with Crippen LogP contribution in [0.1, 0.15) is 32.5 Å². The Hall–Kier alpha value is -3.20. The Morgan fingerprint density at radius 1 is 1.13 bits per heavy atom. The van der Waals surface area contributed by atoms with Gasteiger partial charge in [0, 0.05) is 36.7 Å². The Balaban J connectivity index is 1.81. The lowest BCUT2D eigenvalue weighted by Crippen LogP contribution is -2.28. The van der Waals surface area contributed by atoms with Crippen molar-refractivity contribution in [2.24, 2.45) is 5.10 Å². The molecule has 0 atom stereocenters. The predicted molar refractivity (Wildman–Crippen MR) is 122 cm³/mol. The Labute approximate surface area is 177 Å². The van der Waals surface area contributed by atoms with Gasteiger partial charge in [-0.3, -0.25) is 5.43 Å². The van der Waals surface area contributed by atoms with Gasteiger partial charge in [0.2, 0.25) is 5.95 Å². The first kappa shape index (κ1) is 21.5. The number of likely N-dealkylation sites (N-methyl/N-ethyl adjacent to an activating group) is 1. The van der Waals surface area contributed by atoms with Crippen LogP contribution >= 0.6 is 0 Å². The number of aromatic nitrogens is 4. The smallest absolute Gasteiger partial charge is 0.321 e. The fourth-order valence-electron chi connectivity index (χ4n) is 3.04. The van der Waals surface area contributed by atoms with Crippen LogP contribution in [0.2, 0.25) is 0 Å². The van der Waals surface area contributed by atoms with E-state index >= 15 is 0 Å². The number of H-pyrrole nitrogens is 1. The number of nitrogens with zero attached hydrogens (tertiary/aromatic N) is 5. The van der Waals surface area contributed by atoms with Crippen LogP contribution in [0.15, 0.2) is 35.6 Å². The number of ether oxygens (including phenoxy) is 1. The molecule has 3 rings (SSSR count). The number of fused-ring (bicyclic) bond motifs is 1. The zero-order valence-electron chi connectivity index (χ0n) is 17.9. The van der Waals surface area contributed by atoms with Crippen molar-refractivity contribution in [3.05, 3.63) is 36.3 Å². The van der Waals surface area contributed by atoms with Crippen LogP contribution in [0.25, 0.3) is 10.9 Å². The lowest BCUT2D eigenvalue weighted by atomic mass is 10.2. The highest BCUT2D eigenvalue weighted by atomic mass is 16.5. The van der Waals surface area contributed by atoms with Crippen LogP contribution in [0.3, 0.4) is 0 Å². The van der Waals surface area contributed by atoms with E-state index in [4.69, 9.17) is 4.74 Å². The molecule has 0 aliphatic heterocycles. The Morgan fingerprint density at radius 2 is 1.93 bits per heavy atom. The van der Waals surface area contributed by atoms with Crippen molar-refractivity contribution in [3.8, 4) is 6.01 Å². The molecular weight excluding hydrogens is 380 g/mol. The fourth-order valence-corrected chi connectivity index (χ4v) is 3.04. The molecule has 0 saturated carbocycles. The summed E-state index contributed by atoms with van der Waals surface area (Å²) in [5.74, 6) is 1.06. The molecule has 2 aromatic heterocycles. The predicted octanol–water partition coefficient (Wildman–Crippen LogP) is 3.02. The van der Waals surface area contributed by atoms with E-state index in [1.165, 1.54) is 0 Å². The molecule has 0 radical (unpaired) electrons. The third-order valence-corrected chi connectivity index (χ3v) is 4.43.